The summed E-state index contributed by atoms with van der Waals surface area (Å²) in [5.41, 5.74) is 1.11. The number of halogens is 1. The van der Waals surface area contributed by atoms with Crippen LogP contribution in [-0.4, -0.2) is 36.8 Å². The molecule has 1 aromatic carbocycles. The third-order valence-electron chi connectivity index (χ3n) is 4.48. The standard InChI is InChI=1S/C18H16FN5O2/c1-10-6-7-12(13(19)8-10)18(26)24-11(2)17(25)23-9-20-22-16(23)14-4-3-5-15(24)21-14/h3-9,11,17,25H,1-2H3. The summed E-state index contributed by atoms with van der Waals surface area (Å²) in [5, 5.41) is 18.6. The van der Waals surface area contributed by atoms with E-state index in [0.29, 0.717) is 22.9 Å². The first-order valence-electron chi connectivity index (χ1n) is 8.12. The van der Waals surface area contributed by atoms with Crippen molar-refractivity contribution < 1.29 is 14.3 Å². The number of amides is 1. The van der Waals surface area contributed by atoms with Gasteiger partial charge in [0.15, 0.2) is 12.1 Å². The van der Waals surface area contributed by atoms with Crippen LogP contribution in [0.1, 0.15) is 29.1 Å². The summed E-state index contributed by atoms with van der Waals surface area (Å²) in [5.74, 6) is -0.469. The van der Waals surface area contributed by atoms with Crippen molar-refractivity contribution in [2.75, 3.05) is 4.90 Å². The number of carbonyl (C=O) groups is 1. The number of hydrogen-bond donors (Lipinski definition) is 1. The molecule has 1 aliphatic heterocycles. The molecular formula is C18H16FN5O2. The van der Waals surface area contributed by atoms with Gasteiger partial charge >= 0.3 is 0 Å². The van der Waals surface area contributed by atoms with Crippen molar-refractivity contribution in [2.24, 2.45) is 0 Å². The van der Waals surface area contributed by atoms with Crippen LogP contribution in [0.25, 0.3) is 11.5 Å². The zero-order chi connectivity index (χ0) is 18.4. The maximum Gasteiger partial charge on any atom is 0.262 e. The summed E-state index contributed by atoms with van der Waals surface area (Å²) in [6.45, 7) is 3.41. The average Bonchev–Trinajstić information content (AvgIpc) is 3.10. The lowest BCUT2D eigenvalue weighted by Gasteiger charge is -2.34. The molecule has 1 amide bonds. The van der Waals surface area contributed by atoms with Gasteiger partial charge in [-0.3, -0.25) is 14.3 Å². The van der Waals surface area contributed by atoms with Gasteiger partial charge in [0.05, 0.1) is 11.6 Å². The van der Waals surface area contributed by atoms with Crippen molar-refractivity contribution in [3.63, 3.8) is 0 Å². The molecule has 0 radical (unpaired) electrons. The molecule has 0 saturated heterocycles. The zero-order valence-corrected chi connectivity index (χ0v) is 14.2. The Morgan fingerprint density at radius 1 is 1.27 bits per heavy atom. The number of pyridine rings is 1. The molecule has 2 atom stereocenters. The number of aromatic nitrogens is 4. The Bertz CT molecular complexity index is 1000. The quantitative estimate of drug-likeness (QED) is 0.726. The van der Waals surface area contributed by atoms with Crippen molar-refractivity contribution in [1.29, 1.82) is 0 Å². The van der Waals surface area contributed by atoms with E-state index in [1.54, 1.807) is 38.1 Å². The third-order valence-corrected chi connectivity index (χ3v) is 4.48. The monoisotopic (exact) mass is 353 g/mol. The summed E-state index contributed by atoms with van der Waals surface area (Å²) in [7, 11) is 0. The highest BCUT2D eigenvalue weighted by Gasteiger charge is 2.34. The molecule has 0 saturated carbocycles. The summed E-state index contributed by atoms with van der Waals surface area (Å²) in [4.78, 5) is 18.9. The normalized spacial score (nSPS) is 18.8. The minimum atomic E-state index is -1.11. The number of aryl methyl sites for hydroxylation is 1. The number of benzene rings is 1. The number of hydrogen-bond acceptors (Lipinski definition) is 5. The van der Waals surface area contributed by atoms with Crippen molar-refractivity contribution in [3.05, 3.63) is 59.7 Å². The van der Waals surface area contributed by atoms with Crippen LogP contribution in [0.2, 0.25) is 0 Å². The predicted octanol–water partition coefficient (Wildman–Crippen LogP) is 2.33. The Labute approximate surface area is 148 Å². The van der Waals surface area contributed by atoms with Gasteiger partial charge in [0.25, 0.3) is 5.91 Å². The van der Waals surface area contributed by atoms with E-state index < -0.39 is 24.0 Å². The minimum Gasteiger partial charge on any atom is -0.371 e. The van der Waals surface area contributed by atoms with Crippen molar-refractivity contribution in [1.82, 2.24) is 19.7 Å². The molecule has 2 aromatic heterocycles. The Morgan fingerprint density at radius 2 is 2.08 bits per heavy atom. The molecule has 3 aromatic rings. The molecule has 132 valence electrons. The molecule has 1 N–H and O–H groups in total. The van der Waals surface area contributed by atoms with E-state index in [1.807, 2.05) is 0 Å². The second-order valence-electron chi connectivity index (χ2n) is 6.26. The Hall–Kier alpha value is -3.13. The molecule has 26 heavy (non-hydrogen) atoms. The van der Waals surface area contributed by atoms with E-state index in [9.17, 15) is 14.3 Å². The number of nitrogens with zero attached hydrogens (tertiary/aromatic N) is 5. The van der Waals surface area contributed by atoms with Gasteiger partial charge in [0.2, 0.25) is 0 Å². The Balaban J connectivity index is 1.87. The van der Waals surface area contributed by atoms with Crippen LogP contribution in [0.5, 0.6) is 0 Å². The number of anilines is 1. The summed E-state index contributed by atoms with van der Waals surface area (Å²) in [6, 6.07) is 8.78. The number of fused-ring (bicyclic) bond motifs is 4. The van der Waals surface area contributed by atoms with Gasteiger partial charge in [0.1, 0.15) is 23.7 Å². The summed E-state index contributed by atoms with van der Waals surface area (Å²) >= 11 is 0. The SMILES string of the molecule is Cc1ccc(C(=O)N2c3cccc(n3)-c3nncn3C(O)C2C)c(F)c1. The van der Waals surface area contributed by atoms with Gasteiger partial charge in [-0.25, -0.2) is 9.37 Å². The smallest absolute Gasteiger partial charge is 0.262 e. The van der Waals surface area contributed by atoms with E-state index in [0.717, 1.165) is 0 Å². The van der Waals surface area contributed by atoms with E-state index in [1.165, 1.54) is 27.9 Å². The molecule has 0 aliphatic carbocycles. The van der Waals surface area contributed by atoms with Gasteiger partial charge in [-0.2, -0.15) is 0 Å². The summed E-state index contributed by atoms with van der Waals surface area (Å²) < 4.78 is 15.8. The van der Waals surface area contributed by atoms with E-state index >= 15 is 0 Å². The van der Waals surface area contributed by atoms with Gasteiger partial charge < -0.3 is 5.11 Å². The number of rotatable bonds is 1. The van der Waals surface area contributed by atoms with Crippen molar-refractivity contribution >= 4 is 11.7 Å². The molecule has 3 heterocycles. The lowest BCUT2D eigenvalue weighted by atomic mass is 10.1. The van der Waals surface area contributed by atoms with E-state index in [-0.39, 0.29) is 5.56 Å². The highest BCUT2D eigenvalue weighted by Crippen LogP contribution is 2.30. The van der Waals surface area contributed by atoms with Crippen molar-refractivity contribution in [3.8, 4) is 11.5 Å². The molecular weight excluding hydrogens is 337 g/mol. The molecule has 2 bridgehead atoms. The van der Waals surface area contributed by atoms with E-state index in [2.05, 4.69) is 15.2 Å². The first-order valence-corrected chi connectivity index (χ1v) is 8.12. The highest BCUT2D eigenvalue weighted by molar-refractivity contribution is 6.06. The van der Waals surface area contributed by atoms with Crippen LogP contribution in [0.4, 0.5) is 10.2 Å². The van der Waals surface area contributed by atoms with Gasteiger partial charge in [-0.1, -0.05) is 12.1 Å². The number of aliphatic hydroxyl groups is 1. The highest BCUT2D eigenvalue weighted by atomic mass is 19.1. The fraction of sp³-hybridized carbons (Fsp3) is 0.222. The third kappa shape index (κ3) is 2.46. The largest absolute Gasteiger partial charge is 0.371 e. The van der Waals surface area contributed by atoms with Gasteiger partial charge in [-0.05, 0) is 43.7 Å². The molecule has 4 rings (SSSR count). The topological polar surface area (TPSA) is 84.1 Å². The number of aliphatic hydroxyl groups excluding tert-OH is 1. The van der Waals surface area contributed by atoms with Gasteiger partial charge in [-0.15, -0.1) is 10.2 Å². The molecule has 0 spiro atoms. The molecule has 7 nitrogen and oxygen atoms in total. The van der Waals surface area contributed by atoms with Crippen LogP contribution < -0.4 is 4.90 Å². The van der Waals surface area contributed by atoms with Crippen LogP contribution in [-0.2, 0) is 0 Å². The maximum atomic E-state index is 14.4. The first-order chi connectivity index (χ1) is 12.5. The molecule has 2 unspecified atom stereocenters. The zero-order valence-electron chi connectivity index (χ0n) is 14.2. The molecule has 1 aliphatic rings. The molecule has 8 heteroatoms. The second kappa shape index (κ2) is 5.99. The maximum absolute atomic E-state index is 14.4. The molecule has 0 fully saturated rings. The number of carbonyl (C=O) groups excluding carboxylic acids is 1. The fourth-order valence-corrected chi connectivity index (χ4v) is 3.09. The predicted molar refractivity (Wildman–Crippen MR) is 91.9 cm³/mol. The lowest BCUT2D eigenvalue weighted by molar-refractivity contribution is 0.0693. The fourth-order valence-electron chi connectivity index (χ4n) is 3.09. The lowest BCUT2D eigenvalue weighted by Crippen LogP contribution is -2.45. The second-order valence-corrected chi connectivity index (χ2v) is 6.26. The van der Waals surface area contributed by atoms with Crippen LogP contribution in [0.15, 0.2) is 42.7 Å². The van der Waals surface area contributed by atoms with Crippen LogP contribution >= 0.6 is 0 Å². The minimum absolute atomic E-state index is 0.0774. The van der Waals surface area contributed by atoms with Gasteiger partial charge in [0, 0.05) is 0 Å². The average molecular weight is 353 g/mol. The van der Waals surface area contributed by atoms with E-state index in [4.69, 9.17) is 0 Å². The van der Waals surface area contributed by atoms with Crippen LogP contribution in [0.3, 0.4) is 0 Å². The first kappa shape index (κ1) is 16.3. The Morgan fingerprint density at radius 3 is 2.85 bits per heavy atom. The summed E-state index contributed by atoms with van der Waals surface area (Å²) in [6.07, 6.45) is 0.267. The Kier molecular flexibility index (Phi) is 3.77. The van der Waals surface area contributed by atoms with Crippen LogP contribution in [0, 0.1) is 12.7 Å². The van der Waals surface area contributed by atoms with Crippen molar-refractivity contribution in [2.45, 2.75) is 26.1 Å².